The van der Waals surface area contributed by atoms with Crippen molar-refractivity contribution in [2.75, 3.05) is 6.54 Å². The Kier molecular flexibility index (Phi) is 4.68. The Labute approximate surface area is 97.2 Å². The molecule has 1 unspecified atom stereocenters. The summed E-state index contributed by atoms with van der Waals surface area (Å²) in [6.07, 6.45) is -6.29. The molecule has 1 atom stereocenters. The van der Waals surface area contributed by atoms with Gasteiger partial charge < -0.3 is 10.1 Å². The van der Waals surface area contributed by atoms with Crippen LogP contribution in [-0.4, -0.2) is 29.0 Å². The number of aromatic nitrogens is 2. The largest absolute Gasteiger partial charge is 0.464 e. The van der Waals surface area contributed by atoms with Crippen molar-refractivity contribution in [3.63, 3.8) is 0 Å². The summed E-state index contributed by atoms with van der Waals surface area (Å²) in [6, 6.07) is 2.95. The predicted molar refractivity (Wildman–Crippen MR) is 55.6 cm³/mol. The first-order valence-electron chi connectivity index (χ1n) is 5.20. The van der Waals surface area contributed by atoms with Gasteiger partial charge in [-0.15, -0.1) is 5.10 Å². The Morgan fingerprint density at radius 3 is 2.53 bits per heavy atom. The van der Waals surface area contributed by atoms with E-state index in [1.165, 1.54) is 6.07 Å². The van der Waals surface area contributed by atoms with Crippen molar-refractivity contribution in [3.05, 3.63) is 17.8 Å². The zero-order valence-corrected chi connectivity index (χ0v) is 9.58. The maximum absolute atomic E-state index is 12.2. The zero-order chi connectivity index (χ0) is 12.9. The van der Waals surface area contributed by atoms with Crippen molar-refractivity contribution in [2.24, 2.45) is 0 Å². The van der Waals surface area contributed by atoms with Gasteiger partial charge in [0.15, 0.2) is 6.10 Å². The molecule has 0 amide bonds. The quantitative estimate of drug-likeness (QED) is 0.866. The third-order valence-electron chi connectivity index (χ3n) is 2.01. The Morgan fingerprint density at radius 1 is 1.35 bits per heavy atom. The molecule has 1 aromatic rings. The molecule has 7 heteroatoms. The summed E-state index contributed by atoms with van der Waals surface area (Å²) in [4.78, 5) is 0. The summed E-state index contributed by atoms with van der Waals surface area (Å²) >= 11 is 0. The highest BCUT2D eigenvalue weighted by Gasteiger charge is 2.38. The van der Waals surface area contributed by atoms with Crippen LogP contribution in [0.15, 0.2) is 12.1 Å². The minimum Gasteiger partial charge on any atom is -0.464 e. The molecule has 0 spiro atoms. The fourth-order valence-corrected chi connectivity index (χ4v) is 1.01. The van der Waals surface area contributed by atoms with E-state index in [0.29, 0.717) is 12.2 Å². The monoisotopic (exact) mass is 249 g/mol. The number of nitrogens with zero attached hydrogens (tertiary/aromatic N) is 2. The SMILES string of the molecule is CCNCc1ccc(OC(C)C(F)(F)F)nn1. The number of rotatable bonds is 5. The summed E-state index contributed by atoms with van der Waals surface area (Å²) in [5.74, 6) is -0.130. The molecule has 0 aliphatic carbocycles. The van der Waals surface area contributed by atoms with Crippen molar-refractivity contribution < 1.29 is 17.9 Å². The highest BCUT2D eigenvalue weighted by molar-refractivity contribution is 5.11. The van der Waals surface area contributed by atoms with Gasteiger partial charge in [0.25, 0.3) is 0 Å². The molecule has 1 N–H and O–H groups in total. The topological polar surface area (TPSA) is 47.0 Å². The Balaban J connectivity index is 2.56. The van der Waals surface area contributed by atoms with Crippen molar-refractivity contribution in [3.8, 4) is 5.88 Å². The average molecular weight is 249 g/mol. The standard InChI is InChI=1S/C10H14F3N3O/c1-3-14-6-8-4-5-9(16-15-8)17-7(2)10(11,12)13/h4-5,7,14H,3,6H2,1-2H3. The van der Waals surface area contributed by atoms with Gasteiger partial charge in [-0.1, -0.05) is 6.92 Å². The molecule has 0 aliphatic rings. The van der Waals surface area contributed by atoms with E-state index in [0.717, 1.165) is 13.5 Å². The second kappa shape index (κ2) is 5.81. The minimum atomic E-state index is -4.40. The van der Waals surface area contributed by atoms with E-state index in [1.807, 2.05) is 6.92 Å². The Bertz CT molecular complexity index is 340. The van der Waals surface area contributed by atoms with Crippen LogP contribution in [0.3, 0.4) is 0 Å². The highest BCUT2D eigenvalue weighted by Crippen LogP contribution is 2.23. The van der Waals surface area contributed by atoms with Crippen LogP contribution in [0.1, 0.15) is 19.5 Å². The van der Waals surface area contributed by atoms with Gasteiger partial charge in [-0.05, 0) is 19.5 Å². The minimum absolute atomic E-state index is 0.130. The molecular weight excluding hydrogens is 235 g/mol. The molecule has 1 heterocycles. The molecule has 0 fully saturated rings. The average Bonchev–Trinajstić information content (AvgIpc) is 2.27. The highest BCUT2D eigenvalue weighted by atomic mass is 19.4. The van der Waals surface area contributed by atoms with E-state index >= 15 is 0 Å². The second-order valence-corrected chi connectivity index (χ2v) is 3.44. The van der Waals surface area contributed by atoms with E-state index in [9.17, 15) is 13.2 Å². The molecule has 0 saturated heterocycles. The smallest absolute Gasteiger partial charge is 0.425 e. The van der Waals surface area contributed by atoms with Crippen LogP contribution in [0.5, 0.6) is 5.88 Å². The molecule has 1 aromatic heterocycles. The van der Waals surface area contributed by atoms with E-state index in [2.05, 4.69) is 20.3 Å². The van der Waals surface area contributed by atoms with Crippen LogP contribution in [-0.2, 0) is 6.54 Å². The molecule has 1 rings (SSSR count). The Hall–Kier alpha value is -1.37. The molecule has 0 saturated carbocycles. The third kappa shape index (κ3) is 4.56. The molecule has 0 aliphatic heterocycles. The van der Waals surface area contributed by atoms with E-state index in [-0.39, 0.29) is 5.88 Å². The Morgan fingerprint density at radius 2 is 2.06 bits per heavy atom. The summed E-state index contributed by atoms with van der Waals surface area (Å²) in [5.41, 5.74) is 0.652. The van der Waals surface area contributed by atoms with Crippen molar-refractivity contribution >= 4 is 0 Å². The number of ether oxygens (including phenoxy) is 1. The number of alkyl halides is 3. The van der Waals surface area contributed by atoms with E-state index in [1.54, 1.807) is 6.07 Å². The number of halogens is 3. The lowest BCUT2D eigenvalue weighted by molar-refractivity contribution is -0.190. The van der Waals surface area contributed by atoms with Crippen LogP contribution < -0.4 is 10.1 Å². The van der Waals surface area contributed by atoms with Crippen molar-refractivity contribution in [1.29, 1.82) is 0 Å². The van der Waals surface area contributed by atoms with Gasteiger partial charge in [0.05, 0.1) is 5.69 Å². The number of nitrogens with one attached hydrogen (secondary N) is 1. The molecule has 4 nitrogen and oxygen atoms in total. The van der Waals surface area contributed by atoms with Crippen LogP contribution in [0.2, 0.25) is 0 Å². The lowest BCUT2D eigenvalue weighted by Gasteiger charge is -2.16. The van der Waals surface area contributed by atoms with Crippen LogP contribution in [0.25, 0.3) is 0 Å². The molecule has 96 valence electrons. The second-order valence-electron chi connectivity index (χ2n) is 3.44. The van der Waals surface area contributed by atoms with Gasteiger partial charge in [-0.3, -0.25) is 0 Å². The normalized spacial score (nSPS) is 13.5. The fraction of sp³-hybridized carbons (Fsp3) is 0.600. The van der Waals surface area contributed by atoms with Gasteiger partial charge in [-0.25, -0.2) is 0 Å². The number of hydrogen-bond acceptors (Lipinski definition) is 4. The lowest BCUT2D eigenvalue weighted by Crippen LogP contribution is -2.31. The van der Waals surface area contributed by atoms with Gasteiger partial charge in [0.2, 0.25) is 5.88 Å². The molecular formula is C10H14F3N3O. The molecule has 17 heavy (non-hydrogen) atoms. The third-order valence-corrected chi connectivity index (χ3v) is 2.01. The van der Waals surface area contributed by atoms with Crippen molar-refractivity contribution in [2.45, 2.75) is 32.7 Å². The zero-order valence-electron chi connectivity index (χ0n) is 9.58. The number of hydrogen-bond donors (Lipinski definition) is 1. The summed E-state index contributed by atoms with van der Waals surface area (Å²) in [5, 5.41) is 10.3. The van der Waals surface area contributed by atoms with Gasteiger partial charge >= 0.3 is 6.18 Å². The first kappa shape index (κ1) is 13.7. The molecule has 0 bridgehead atoms. The van der Waals surface area contributed by atoms with Crippen LogP contribution in [0, 0.1) is 0 Å². The first-order chi connectivity index (χ1) is 7.93. The maximum Gasteiger partial charge on any atom is 0.425 e. The summed E-state index contributed by atoms with van der Waals surface area (Å²) in [7, 11) is 0. The van der Waals surface area contributed by atoms with Crippen molar-refractivity contribution in [1.82, 2.24) is 15.5 Å². The van der Waals surface area contributed by atoms with E-state index in [4.69, 9.17) is 0 Å². The summed E-state index contributed by atoms with van der Waals surface area (Å²) < 4.78 is 41.2. The maximum atomic E-state index is 12.2. The summed E-state index contributed by atoms with van der Waals surface area (Å²) in [6.45, 7) is 4.17. The molecule has 0 radical (unpaired) electrons. The lowest BCUT2D eigenvalue weighted by atomic mass is 10.3. The fourth-order valence-electron chi connectivity index (χ4n) is 1.01. The van der Waals surface area contributed by atoms with Crippen LogP contribution >= 0.6 is 0 Å². The molecule has 0 aromatic carbocycles. The van der Waals surface area contributed by atoms with Gasteiger partial charge in [0.1, 0.15) is 0 Å². The predicted octanol–water partition coefficient (Wildman–Crippen LogP) is 1.92. The van der Waals surface area contributed by atoms with Gasteiger partial charge in [0, 0.05) is 12.6 Å². The van der Waals surface area contributed by atoms with E-state index < -0.39 is 12.3 Å². The van der Waals surface area contributed by atoms with Crippen LogP contribution in [0.4, 0.5) is 13.2 Å². The van der Waals surface area contributed by atoms with Gasteiger partial charge in [-0.2, -0.15) is 18.3 Å². The first-order valence-corrected chi connectivity index (χ1v) is 5.20.